The van der Waals surface area contributed by atoms with E-state index in [2.05, 4.69) is 15.1 Å². The highest BCUT2D eigenvalue weighted by atomic mass is 32.2. The Hall–Kier alpha value is -1.18. The zero-order chi connectivity index (χ0) is 14.2. The summed E-state index contributed by atoms with van der Waals surface area (Å²) >= 11 is 1.84. The van der Waals surface area contributed by atoms with Crippen LogP contribution in [0.1, 0.15) is 25.5 Å². The minimum absolute atomic E-state index is 0.329. The molecule has 0 unspecified atom stereocenters. The summed E-state index contributed by atoms with van der Waals surface area (Å²) < 4.78 is 1.44. The van der Waals surface area contributed by atoms with Gasteiger partial charge in [0.25, 0.3) is 0 Å². The molecule has 0 aromatic carbocycles. The molecule has 0 bridgehead atoms. The summed E-state index contributed by atoms with van der Waals surface area (Å²) in [6.07, 6.45) is 1.53. The second kappa shape index (κ2) is 5.31. The Balaban J connectivity index is 2.11. The van der Waals surface area contributed by atoms with Crippen molar-refractivity contribution in [2.24, 2.45) is 0 Å². The van der Waals surface area contributed by atoms with E-state index in [4.69, 9.17) is 0 Å². The van der Waals surface area contributed by atoms with Crippen LogP contribution in [0.25, 0.3) is 5.65 Å². The van der Waals surface area contributed by atoms with Gasteiger partial charge in [-0.3, -0.25) is 0 Å². The second-order valence-corrected chi connectivity index (χ2v) is 6.21. The van der Waals surface area contributed by atoms with Gasteiger partial charge in [-0.2, -0.15) is 21.3 Å². The first kappa shape index (κ1) is 13.8. The summed E-state index contributed by atoms with van der Waals surface area (Å²) in [5.41, 5.74) is 0.746. The van der Waals surface area contributed by atoms with Crippen LogP contribution in [0, 0.1) is 5.21 Å². The standard InChI is InChI=1S/C13H19N5OS/c1-3-10-14-12-9-13(15-11(4-2)17(12)16-10)18(19)5-7-20-8-6-18/h9H,3-8H2,1-2H3. The van der Waals surface area contributed by atoms with Crippen LogP contribution < -0.4 is 4.65 Å². The second-order valence-electron chi connectivity index (χ2n) is 4.98. The fraction of sp³-hybridized carbons (Fsp3) is 0.615. The Morgan fingerprint density at radius 1 is 1.25 bits per heavy atom. The molecule has 0 spiro atoms. The first-order chi connectivity index (χ1) is 9.66. The van der Waals surface area contributed by atoms with E-state index in [9.17, 15) is 5.21 Å². The molecule has 0 radical (unpaired) electrons. The van der Waals surface area contributed by atoms with Crippen molar-refractivity contribution in [3.63, 3.8) is 0 Å². The fourth-order valence-electron chi connectivity index (χ4n) is 2.43. The number of quaternary nitrogens is 1. The van der Waals surface area contributed by atoms with Crippen molar-refractivity contribution in [1.82, 2.24) is 24.2 Å². The molecule has 7 heteroatoms. The van der Waals surface area contributed by atoms with Crippen molar-refractivity contribution in [3.8, 4) is 0 Å². The Morgan fingerprint density at radius 3 is 2.65 bits per heavy atom. The Labute approximate surface area is 122 Å². The minimum atomic E-state index is -0.329. The van der Waals surface area contributed by atoms with Crippen LogP contribution in [0.5, 0.6) is 0 Å². The van der Waals surface area contributed by atoms with Crippen LogP contribution in [0.4, 0.5) is 5.82 Å². The molecule has 3 rings (SSSR count). The van der Waals surface area contributed by atoms with Gasteiger partial charge in [0.15, 0.2) is 11.5 Å². The van der Waals surface area contributed by atoms with Gasteiger partial charge in [-0.15, -0.1) is 5.10 Å². The number of fused-ring (bicyclic) bond motifs is 1. The average Bonchev–Trinajstić information content (AvgIpc) is 2.90. The molecule has 108 valence electrons. The number of hydrogen-bond acceptors (Lipinski definition) is 5. The molecular formula is C13H19N5OS. The van der Waals surface area contributed by atoms with Gasteiger partial charge in [0.05, 0.1) is 19.2 Å². The van der Waals surface area contributed by atoms with Crippen molar-refractivity contribution >= 4 is 23.2 Å². The first-order valence-corrected chi connectivity index (χ1v) is 8.23. The van der Waals surface area contributed by atoms with E-state index in [1.807, 2.05) is 31.7 Å². The maximum absolute atomic E-state index is 12.9. The summed E-state index contributed by atoms with van der Waals surface area (Å²) in [7, 11) is 0. The van der Waals surface area contributed by atoms with E-state index in [0.29, 0.717) is 18.9 Å². The largest absolute Gasteiger partial charge is 0.626 e. The smallest absolute Gasteiger partial charge is 0.233 e. The Kier molecular flexibility index (Phi) is 3.66. The van der Waals surface area contributed by atoms with Crippen molar-refractivity contribution < 1.29 is 0 Å². The Morgan fingerprint density at radius 2 is 2.00 bits per heavy atom. The third-order valence-corrected chi connectivity index (χ3v) is 4.61. The van der Waals surface area contributed by atoms with Crippen LogP contribution in [0.2, 0.25) is 0 Å². The van der Waals surface area contributed by atoms with E-state index in [1.54, 1.807) is 4.52 Å². The highest BCUT2D eigenvalue weighted by molar-refractivity contribution is 7.99. The first-order valence-electron chi connectivity index (χ1n) is 7.08. The molecule has 0 N–H and O–H groups in total. The topological polar surface area (TPSA) is 66.1 Å². The summed E-state index contributed by atoms with van der Waals surface area (Å²) in [6.45, 7) is 5.23. The predicted octanol–water partition coefficient (Wildman–Crippen LogP) is 1.80. The van der Waals surface area contributed by atoms with Gasteiger partial charge >= 0.3 is 0 Å². The normalized spacial score (nSPS) is 18.6. The van der Waals surface area contributed by atoms with Gasteiger partial charge in [-0.25, -0.2) is 4.98 Å². The van der Waals surface area contributed by atoms with Gasteiger partial charge in [0.2, 0.25) is 5.82 Å². The number of nitrogens with zero attached hydrogens (tertiary/aromatic N) is 5. The van der Waals surface area contributed by atoms with E-state index in [0.717, 1.165) is 41.6 Å². The highest BCUT2D eigenvalue weighted by Crippen LogP contribution is 2.26. The maximum Gasteiger partial charge on any atom is 0.233 e. The number of thioether (sulfide) groups is 1. The molecule has 1 saturated heterocycles. The molecule has 2 aromatic rings. The quantitative estimate of drug-likeness (QED) is 0.637. The SMILES string of the molecule is CCc1nc2cc([N+]3([O-])CCSCC3)nc(CC)n2n1. The molecule has 0 amide bonds. The molecule has 3 heterocycles. The predicted molar refractivity (Wildman–Crippen MR) is 81.8 cm³/mol. The van der Waals surface area contributed by atoms with E-state index < -0.39 is 0 Å². The monoisotopic (exact) mass is 293 g/mol. The van der Waals surface area contributed by atoms with E-state index in [-0.39, 0.29) is 4.65 Å². The lowest BCUT2D eigenvalue weighted by molar-refractivity contribution is 0.396. The van der Waals surface area contributed by atoms with Gasteiger partial charge in [0, 0.05) is 24.3 Å². The van der Waals surface area contributed by atoms with Crippen molar-refractivity contribution in [2.75, 3.05) is 24.6 Å². The molecule has 20 heavy (non-hydrogen) atoms. The lowest BCUT2D eigenvalue weighted by Crippen LogP contribution is -2.50. The van der Waals surface area contributed by atoms with Crippen LogP contribution in [-0.4, -0.2) is 44.2 Å². The molecule has 0 atom stereocenters. The number of aromatic nitrogens is 4. The average molecular weight is 293 g/mol. The van der Waals surface area contributed by atoms with Crippen molar-refractivity contribution in [1.29, 1.82) is 0 Å². The maximum atomic E-state index is 12.9. The molecule has 6 nitrogen and oxygen atoms in total. The molecular weight excluding hydrogens is 274 g/mol. The Bertz CT molecular complexity index is 620. The molecule has 0 aliphatic carbocycles. The lowest BCUT2D eigenvalue weighted by Gasteiger charge is -2.43. The van der Waals surface area contributed by atoms with E-state index in [1.165, 1.54) is 0 Å². The van der Waals surface area contributed by atoms with Crippen molar-refractivity contribution in [3.05, 3.63) is 22.9 Å². The molecule has 1 aliphatic rings. The van der Waals surface area contributed by atoms with Crippen LogP contribution in [0.15, 0.2) is 6.07 Å². The van der Waals surface area contributed by atoms with Crippen LogP contribution in [0.3, 0.4) is 0 Å². The van der Waals surface area contributed by atoms with Gasteiger partial charge in [0.1, 0.15) is 5.82 Å². The van der Waals surface area contributed by atoms with Gasteiger partial charge < -0.3 is 9.85 Å². The summed E-state index contributed by atoms with van der Waals surface area (Å²) in [4.78, 5) is 9.06. The number of hydroxylamine groups is 2. The number of rotatable bonds is 3. The molecule has 1 aliphatic heterocycles. The summed E-state index contributed by atoms with van der Waals surface area (Å²) in [5, 5.41) is 17.4. The fourth-order valence-corrected chi connectivity index (χ4v) is 3.49. The van der Waals surface area contributed by atoms with Crippen molar-refractivity contribution in [2.45, 2.75) is 26.7 Å². The van der Waals surface area contributed by atoms with Crippen LogP contribution in [-0.2, 0) is 12.8 Å². The zero-order valence-electron chi connectivity index (χ0n) is 11.9. The van der Waals surface area contributed by atoms with Crippen LogP contribution >= 0.6 is 11.8 Å². The third-order valence-electron chi connectivity index (χ3n) is 3.67. The van der Waals surface area contributed by atoms with Gasteiger partial charge in [-0.1, -0.05) is 13.8 Å². The van der Waals surface area contributed by atoms with E-state index >= 15 is 0 Å². The summed E-state index contributed by atoms with van der Waals surface area (Å²) in [5.74, 6) is 3.99. The molecule has 2 aromatic heterocycles. The third kappa shape index (κ3) is 2.30. The summed E-state index contributed by atoms with van der Waals surface area (Å²) in [6, 6.07) is 1.81. The lowest BCUT2D eigenvalue weighted by atomic mass is 10.3. The number of hydrogen-bond donors (Lipinski definition) is 0. The molecule has 0 saturated carbocycles. The molecule has 1 fully saturated rings. The highest BCUT2D eigenvalue weighted by Gasteiger charge is 2.27. The zero-order valence-corrected chi connectivity index (χ0v) is 12.7. The number of aryl methyl sites for hydroxylation is 2. The van der Waals surface area contributed by atoms with Gasteiger partial charge in [-0.05, 0) is 0 Å². The minimum Gasteiger partial charge on any atom is -0.626 e.